The van der Waals surface area contributed by atoms with Gasteiger partial charge in [0.15, 0.2) is 6.61 Å². The van der Waals surface area contributed by atoms with Crippen molar-refractivity contribution < 1.29 is 14.3 Å². The number of nitrogens with one attached hydrogen (secondary N) is 1. The van der Waals surface area contributed by atoms with Crippen molar-refractivity contribution in [1.29, 1.82) is 0 Å². The molecule has 1 atom stereocenters. The minimum atomic E-state index is -0.108. The highest BCUT2D eigenvalue weighted by molar-refractivity contribution is 5.78. The standard InChI is InChI=1S/C24H32N2O3/c1-17-5-7-21(8-6-17)22(15-26-9-11-28-12-10-26)25-23(27)16-29-24-19(3)13-18(2)14-20(24)4/h5-8,13-14,22H,9-12,15-16H2,1-4H3,(H,25,27)/t22-/m1/s1. The Labute approximate surface area is 174 Å². The molecule has 1 heterocycles. The van der Waals surface area contributed by atoms with Crippen molar-refractivity contribution in [2.75, 3.05) is 39.5 Å². The van der Waals surface area contributed by atoms with E-state index in [4.69, 9.17) is 9.47 Å². The largest absolute Gasteiger partial charge is 0.483 e. The molecule has 0 saturated carbocycles. The topological polar surface area (TPSA) is 50.8 Å². The van der Waals surface area contributed by atoms with Gasteiger partial charge in [-0.25, -0.2) is 0 Å². The third-order valence-electron chi connectivity index (χ3n) is 5.31. The summed E-state index contributed by atoms with van der Waals surface area (Å²) in [5.74, 6) is 0.689. The third-order valence-corrected chi connectivity index (χ3v) is 5.31. The number of morpholine rings is 1. The Balaban J connectivity index is 1.66. The molecule has 3 rings (SSSR count). The summed E-state index contributed by atoms with van der Waals surface area (Å²) in [5.41, 5.74) is 5.62. The highest BCUT2D eigenvalue weighted by Crippen LogP contribution is 2.24. The van der Waals surface area contributed by atoms with Gasteiger partial charge in [0.25, 0.3) is 5.91 Å². The maximum atomic E-state index is 12.7. The number of benzene rings is 2. The number of amides is 1. The van der Waals surface area contributed by atoms with Crippen molar-refractivity contribution in [3.05, 3.63) is 64.2 Å². The summed E-state index contributed by atoms with van der Waals surface area (Å²) in [6.45, 7) is 12.2. The molecule has 1 aliphatic rings. The van der Waals surface area contributed by atoms with Crippen molar-refractivity contribution in [3.8, 4) is 5.75 Å². The molecule has 5 nitrogen and oxygen atoms in total. The zero-order chi connectivity index (χ0) is 20.8. The highest BCUT2D eigenvalue weighted by atomic mass is 16.5. The van der Waals surface area contributed by atoms with Crippen molar-refractivity contribution >= 4 is 5.91 Å². The lowest BCUT2D eigenvalue weighted by Gasteiger charge is -2.31. The second-order valence-corrected chi connectivity index (χ2v) is 7.96. The summed E-state index contributed by atoms with van der Waals surface area (Å²) in [6, 6.07) is 12.4. The zero-order valence-corrected chi connectivity index (χ0v) is 18.0. The van der Waals surface area contributed by atoms with Crippen LogP contribution in [0.15, 0.2) is 36.4 Å². The Bertz CT molecular complexity index is 804. The van der Waals surface area contributed by atoms with Gasteiger partial charge in [0.05, 0.1) is 19.3 Å². The summed E-state index contributed by atoms with van der Waals surface area (Å²) in [6.07, 6.45) is 0. The maximum absolute atomic E-state index is 12.7. The van der Waals surface area contributed by atoms with Crippen LogP contribution in [-0.4, -0.2) is 50.3 Å². The Morgan fingerprint density at radius 3 is 2.28 bits per heavy atom. The first-order valence-corrected chi connectivity index (χ1v) is 10.3. The second-order valence-electron chi connectivity index (χ2n) is 7.96. The fourth-order valence-electron chi connectivity index (χ4n) is 3.84. The van der Waals surface area contributed by atoms with Crippen molar-refractivity contribution in [1.82, 2.24) is 10.2 Å². The molecule has 0 aliphatic carbocycles. The molecule has 1 aliphatic heterocycles. The molecule has 5 heteroatoms. The lowest BCUT2D eigenvalue weighted by atomic mass is 10.0. The fraction of sp³-hybridized carbons (Fsp3) is 0.458. The summed E-state index contributed by atoms with van der Waals surface area (Å²) in [5, 5.41) is 3.17. The fourth-order valence-corrected chi connectivity index (χ4v) is 3.84. The van der Waals surface area contributed by atoms with E-state index in [-0.39, 0.29) is 18.6 Å². The van der Waals surface area contributed by atoms with E-state index in [0.717, 1.165) is 55.3 Å². The minimum absolute atomic E-state index is 0.0101. The van der Waals surface area contributed by atoms with Gasteiger partial charge in [-0.1, -0.05) is 47.5 Å². The first-order chi connectivity index (χ1) is 13.9. The normalized spacial score (nSPS) is 15.7. The van der Waals surface area contributed by atoms with Crippen molar-refractivity contribution in [3.63, 3.8) is 0 Å². The molecule has 0 unspecified atom stereocenters. The predicted octanol–water partition coefficient (Wildman–Crippen LogP) is 3.49. The molecule has 1 amide bonds. The average molecular weight is 397 g/mol. The Kier molecular flexibility index (Phi) is 7.29. The van der Waals surface area contributed by atoms with E-state index in [1.807, 2.05) is 13.8 Å². The number of ether oxygens (including phenoxy) is 2. The van der Waals surface area contributed by atoms with E-state index < -0.39 is 0 Å². The Morgan fingerprint density at radius 1 is 1.03 bits per heavy atom. The van der Waals surface area contributed by atoms with E-state index in [9.17, 15) is 4.79 Å². The molecule has 2 aromatic carbocycles. The number of carbonyl (C=O) groups is 1. The van der Waals surface area contributed by atoms with E-state index in [1.165, 1.54) is 11.1 Å². The molecular formula is C24H32N2O3. The molecule has 2 aromatic rings. The molecule has 156 valence electrons. The number of hydrogen-bond acceptors (Lipinski definition) is 4. The Morgan fingerprint density at radius 2 is 1.66 bits per heavy atom. The molecule has 29 heavy (non-hydrogen) atoms. The SMILES string of the molecule is Cc1ccc([C@@H](CN2CCOCC2)NC(=O)COc2c(C)cc(C)cc2C)cc1. The molecular weight excluding hydrogens is 364 g/mol. The van der Waals surface area contributed by atoms with Crippen LogP contribution in [0, 0.1) is 27.7 Å². The van der Waals surface area contributed by atoms with Crippen LogP contribution in [0.2, 0.25) is 0 Å². The van der Waals surface area contributed by atoms with Crippen LogP contribution >= 0.6 is 0 Å². The van der Waals surface area contributed by atoms with E-state index in [2.05, 4.69) is 60.5 Å². The van der Waals surface area contributed by atoms with Crippen LogP contribution < -0.4 is 10.1 Å². The molecule has 1 saturated heterocycles. The third kappa shape index (κ3) is 6.05. The van der Waals surface area contributed by atoms with Gasteiger partial charge in [0, 0.05) is 19.6 Å². The number of aryl methyl sites for hydroxylation is 4. The first kappa shape index (κ1) is 21.3. The molecule has 0 aromatic heterocycles. The molecule has 1 fully saturated rings. The first-order valence-electron chi connectivity index (χ1n) is 10.3. The quantitative estimate of drug-likeness (QED) is 0.778. The predicted molar refractivity (Wildman–Crippen MR) is 115 cm³/mol. The van der Waals surface area contributed by atoms with Crippen LogP contribution in [0.3, 0.4) is 0 Å². The van der Waals surface area contributed by atoms with E-state index in [1.54, 1.807) is 0 Å². The van der Waals surface area contributed by atoms with Gasteiger partial charge in [-0.2, -0.15) is 0 Å². The minimum Gasteiger partial charge on any atom is -0.483 e. The summed E-state index contributed by atoms with van der Waals surface area (Å²) in [7, 11) is 0. The monoisotopic (exact) mass is 396 g/mol. The van der Waals surface area contributed by atoms with Gasteiger partial charge in [-0.15, -0.1) is 0 Å². The van der Waals surface area contributed by atoms with Crippen molar-refractivity contribution in [2.24, 2.45) is 0 Å². The van der Waals surface area contributed by atoms with Gasteiger partial charge in [-0.3, -0.25) is 9.69 Å². The van der Waals surface area contributed by atoms with Crippen LogP contribution in [0.25, 0.3) is 0 Å². The molecule has 1 N–H and O–H groups in total. The van der Waals surface area contributed by atoms with Crippen LogP contribution in [0.1, 0.15) is 33.9 Å². The van der Waals surface area contributed by atoms with E-state index in [0.29, 0.717) is 0 Å². The van der Waals surface area contributed by atoms with Gasteiger partial charge in [-0.05, 0) is 44.4 Å². The van der Waals surface area contributed by atoms with Crippen molar-refractivity contribution in [2.45, 2.75) is 33.7 Å². The van der Waals surface area contributed by atoms with Gasteiger partial charge >= 0.3 is 0 Å². The highest BCUT2D eigenvalue weighted by Gasteiger charge is 2.20. The summed E-state index contributed by atoms with van der Waals surface area (Å²) < 4.78 is 11.3. The summed E-state index contributed by atoms with van der Waals surface area (Å²) >= 11 is 0. The lowest BCUT2D eigenvalue weighted by Crippen LogP contribution is -2.44. The number of nitrogens with zero attached hydrogens (tertiary/aromatic N) is 1. The molecule has 0 bridgehead atoms. The van der Waals surface area contributed by atoms with Crippen LogP contribution in [0.5, 0.6) is 5.75 Å². The Hall–Kier alpha value is -2.37. The molecule has 0 spiro atoms. The zero-order valence-electron chi connectivity index (χ0n) is 18.0. The number of rotatable bonds is 7. The maximum Gasteiger partial charge on any atom is 0.258 e. The molecule has 0 radical (unpaired) electrons. The smallest absolute Gasteiger partial charge is 0.258 e. The number of hydrogen-bond donors (Lipinski definition) is 1. The number of carbonyl (C=O) groups excluding carboxylic acids is 1. The average Bonchev–Trinajstić information content (AvgIpc) is 2.68. The second kappa shape index (κ2) is 9.90. The van der Waals surface area contributed by atoms with Crippen LogP contribution in [-0.2, 0) is 9.53 Å². The summed E-state index contributed by atoms with van der Waals surface area (Å²) in [4.78, 5) is 15.1. The van der Waals surface area contributed by atoms with Gasteiger partial charge in [0.2, 0.25) is 0 Å². The van der Waals surface area contributed by atoms with E-state index >= 15 is 0 Å². The van der Waals surface area contributed by atoms with Crippen LogP contribution in [0.4, 0.5) is 0 Å². The van der Waals surface area contributed by atoms with Gasteiger partial charge in [0.1, 0.15) is 5.75 Å². The van der Waals surface area contributed by atoms with Gasteiger partial charge < -0.3 is 14.8 Å². The lowest BCUT2D eigenvalue weighted by molar-refractivity contribution is -0.124.